The number of carbonyl (C=O) groups is 11. The van der Waals surface area contributed by atoms with E-state index in [0.717, 1.165) is 4.90 Å². The number of amides is 11. The third kappa shape index (κ3) is 21.4. The summed E-state index contributed by atoms with van der Waals surface area (Å²) in [6.07, 6.45) is 1.07. The topological polar surface area (TPSA) is 280 Å². The summed E-state index contributed by atoms with van der Waals surface area (Å²) >= 11 is 0. The van der Waals surface area contributed by atoms with Gasteiger partial charge in [-0.25, -0.2) is 0 Å². The number of fused-ring (bicyclic) bond motifs is 3. The van der Waals surface area contributed by atoms with Gasteiger partial charge in [-0.2, -0.15) is 0 Å². The van der Waals surface area contributed by atoms with E-state index in [4.69, 9.17) is 9.47 Å². The van der Waals surface area contributed by atoms with E-state index in [-0.39, 0.29) is 62.4 Å². The molecular weight excluding hydrogens is 1160 g/mol. The summed E-state index contributed by atoms with van der Waals surface area (Å²) in [6, 6.07) is -12.4. The molecule has 2 unspecified atom stereocenters. The van der Waals surface area contributed by atoms with Crippen molar-refractivity contribution in [2.75, 3.05) is 76.6 Å². The second-order valence-corrected chi connectivity index (χ2v) is 27.4. The summed E-state index contributed by atoms with van der Waals surface area (Å²) in [7, 11) is 13.6. The lowest BCUT2D eigenvalue weighted by Crippen LogP contribution is -2.62. The van der Waals surface area contributed by atoms with Crippen LogP contribution < -0.4 is 21.3 Å². The maximum absolute atomic E-state index is 15.3. The second-order valence-electron chi connectivity index (χ2n) is 27.4. The first-order chi connectivity index (χ1) is 41.7. The molecule has 0 aromatic carbocycles. The first-order valence-corrected chi connectivity index (χ1v) is 32.3. The summed E-state index contributed by atoms with van der Waals surface area (Å²) in [4.78, 5) is 174. The van der Waals surface area contributed by atoms with Gasteiger partial charge in [0.2, 0.25) is 65.3 Å². The highest BCUT2D eigenvalue weighted by atomic mass is 16.5. The van der Waals surface area contributed by atoms with Gasteiger partial charge in [-0.3, -0.25) is 52.7 Å². The van der Waals surface area contributed by atoms with Gasteiger partial charge in [0.25, 0.3) is 5.91 Å². The van der Waals surface area contributed by atoms with Crippen molar-refractivity contribution < 1.29 is 62.2 Å². The molecule has 2 fully saturated rings. The molecule has 2 heterocycles. The van der Waals surface area contributed by atoms with Crippen LogP contribution >= 0.6 is 0 Å². The fraction of sp³-hybridized carbons (Fsp3) is 0.800. The fourth-order valence-corrected chi connectivity index (χ4v) is 11.5. The summed E-state index contributed by atoms with van der Waals surface area (Å²) < 4.78 is 13.1. The average Bonchev–Trinajstić information content (AvgIpc) is 1.55. The van der Waals surface area contributed by atoms with Crippen LogP contribution in [0.2, 0.25) is 0 Å². The van der Waals surface area contributed by atoms with Gasteiger partial charge in [0.1, 0.15) is 60.4 Å². The van der Waals surface area contributed by atoms with Gasteiger partial charge >= 0.3 is 0 Å². The van der Waals surface area contributed by atoms with Crippen molar-refractivity contribution in [2.45, 2.75) is 228 Å². The molecule has 0 radical (unpaired) electrons. The molecule has 25 nitrogen and oxygen atoms in total. The third-order valence-electron chi connectivity index (χ3n) is 17.2. The minimum absolute atomic E-state index is 0.0132. The monoisotopic (exact) mass is 1270 g/mol. The zero-order chi connectivity index (χ0) is 69.3. The van der Waals surface area contributed by atoms with Crippen LogP contribution in [-0.4, -0.2) is 260 Å². The molecule has 0 aromatic heterocycles. The molecule has 0 spiro atoms. The summed E-state index contributed by atoms with van der Waals surface area (Å²) in [5.74, 6) is -9.07. The van der Waals surface area contributed by atoms with Crippen molar-refractivity contribution in [3.8, 4) is 0 Å². The molecule has 11 amide bonds. The molecule has 0 aliphatic carbocycles. The first-order valence-electron chi connectivity index (χ1n) is 32.3. The van der Waals surface area contributed by atoms with E-state index in [2.05, 4.69) is 21.3 Å². The molecule has 0 aromatic rings. The largest absolute Gasteiger partial charge is 0.370 e. The molecule has 2 bridgehead atoms. The van der Waals surface area contributed by atoms with Gasteiger partial charge in [0, 0.05) is 55.9 Å². The van der Waals surface area contributed by atoms with E-state index >= 15 is 24.0 Å². The number of hydrogen-bond donors (Lipinski definition) is 4. The lowest BCUT2D eigenvalue weighted by Gasteiger charge is -2.39. The molecule has 2 aliphatic rings. The van der Waals surface area contributed by atoms with Crippen LogP contribution in [-0.2, 0) is 62.2 Å². The Bertz CT molecular complexity index is 2490. The quantitative estimate of drug-likeness (QED) is 0.153. The van der Waals surface area contributed by atoms with Crippen molar-refractivity contribution in [3.05, 3.63) is 12.2 Å². The van der Waals surface area contributed by atoms with Crippen molar-refractivity contribution in [3.63, 3.8) is 0 Å². The Morgan fingerprint density at radius 1 is 0.489 bits per heavy atom. The maximum Gasteiger partial charge on any atom is 0.273 e. The van der Waals surface area contributed by atoms with E-state index in [1.165, 1.54) is 92.6 Å². The normalized spacial score (nSPS) is 28.8. The van der Waals surface area contributed by atoms with Crippen molar-refractivity contribution in [1.82, 2.24) is 60.5 Å². The van der Waals surface area contributed by atoms with Crippen molar-refractivity contribution in [2.24, 2.45) is 35.5 Å². The van der Waals surface area contributed by atoms with Gasteiger partial charge in [0.15, 0.2) is 0 Å². The van der Waals surface area contributed by atoms with Crippen LogP contribution in [0.4, 0.5) is 0 Å². The molecule has 0 saturated carbocycles. The predicted molar refractivity (Wildman–Crippen MR) is 345 cm³/mol. The Labute approximate surface area is 538 Å². The second kappa shape index (κ2) is 36.1. The molecule has 2 saturated heterocycles. The summed E-state index contributed by atoms with van der Waals surface area (Å²) in [6.45, 7) is 28.6. The zero-order valence-corrected chi connectivity index (χ0v) is 59.2. The maximum atomic E-state index is 15.3. The minimum Gasteiger partial charge on any atom is -0.370 e. The predicted octanol–water partition coefficient (Wildman–Crippen LogP) is 2.94. The smallest absolute Gasteiger partial charge is 0.273 e. The van der Waals surface area contributed by atoms with Crippen LogP contribution in [0.1, 0.15) is 149 Å². The van der Waals surface area contributed by atoms with Gasteiger partial charge in [0.05, 0.1) is 18.8 Å². The Morgan fingerprint density at radius 2 is 0.922 bits per heavy atom. The Kier molecular flexibility index (Phi) is 32.1. The summed E-state index contributed by atoms with van der Waals surface area (Å²) in [5, 5.41) is 11.2. The standard InChI is InChI=1S/C65H116N12O13/c1-26-28-29-41(13)53-52-57(81)68-45(27-2)59(83)77(25)65(89-31-30-70(17)18)64(88)72(20)47(33-37(5)6)56(80)69-50(40(11)12)62(86)71(19)46(32-36(3)4)55(79)66-42(14)54(78)67-43(15)58(82)73(21)48(34-38(7)8)60(84)74(22)49(35-39(9)10)61(85)75(23)51(44(16)90-53)63(87)76(52)24/h26,28,36-53,65H,27,29-35H2,1-25H3,(H,66,79)(H,67,78)(H,68,81)(H,69,80)/b28-26+/t41-,42+,43-,44?,45+,46+,47+,48+,49+,50+,51+,52+,53-,65?/m1/s1. The number of likely N-dealkylation sites (N-methyl/N-ethyl adjacent to an activating group) is 8. The van der Waals surface area contributed by atoms with Crippen molar-refractivity contribution >= 4 is 65.0 Å². The zero-order valence-electron chi connectivity index (χ0n) is 59.2. The average molecular weight is 1270 g/mol. The molecule has 4 N–H and O–H groups in total. The minimum atomic E-state index is -1.64. The molecule has 514 valence electrons. The van der Waals surface area contributed by atoms with Gasteiger partial charge in [-0.05, 0) is 116 Å². The Hall–Kier alpha value is -6.21. The number of allylic oxidation sites excluding steroid dienone is 2. The van der Waals surface area contributed by atoms with Crippen molar-refractivity contribution in [1.29, 1.82) is 0 Å². The third-order valence-corrected chi connectivity index (χ3v) is 17.2. The number of hydrogen-bond acceptors (Lipinski definition) is 14. The highest BCUT2D eigenvalue weighted by Crippen LogP contribution is 2.30. The van der Waals surface area contributed by atoms with Crippen LogP contribution in [0, 0.1) is 35.5 Å². The molecular formula is C65H116N12O13. The molecule has 2 rings (SSSR count). The number of carbonyl (C=O) groups excluding carboxylic acids is 11. The molecule has 2 aliphatic heterocycles. The van der Waals surface area contributed by atoms with Crippen LogP contribution in [0.15, 0.2) is 12.2 Å². The number of nitrogens with one attached hydrogen (secondary N) is 4. The highest BCUT2D eigenvalue weighted by molar-refractivity contribution is 6.00. The van der Waals surface area contributed by atoms with Gasteiger partial charge in [-0.1, -0.05) is 95.2 Å². The van der Waals surface area contributed by atoms with Crippen LogP contribution in [0.25, 0.3) is 0 Å². The SMILES string of the molecule is C/C=C/C[C@@H](C)[C@H]1OC(C)[C@H]2C(=O)N(C)[C@@H]1C(=O)N[C@@H](CC)C(=O)N(C)C(OCCN(C)C)C(=O)N(C)[C@@H](CC(C)C)C(=O)N[C@@H](C(C)C)C(=O)N(C)[C@@H](CC(C)C)C(=O)N[C@@H](C)C(=O)N[C@H](C)C(=O)N(C)[C@@H](CC(C)C)C(=O)N(C)[C@@H](CC(C)C)C(=O)N2C. The lowest BCUT2D eigenvalue weighted by atomic mass is 9.92. The van der Waals surface area contributed by atoms with E-state index in [1.54, 1.807) is 41.8 Å². The highest BCUT2D eigenvalue weighted by Gasteiger charge is 2.51. The van der Waals surface area contributed by atoms with E-state index < -0.39 is 156 Å². The van der Waals surface area contributed by atoms with E-state index in [9.17, 15) is 28.8 Å². The first kappa shape index (κ1) is 79.9. The molecule has 25 heteroatoms. The van der Waals surface area contributed by atoms with E-state index in [0.29, 0.717) is 13.0 Å². The number of rotatable bonds is 17. The van der Waals surface area contributed by atoms with Crippen LogP contribution in [0.5, 0.6) is 0 Å². The van der Waals surface area contributed by atoms with Gasteiger partial charge < -0.3 is 69.9 Å². The fourth-order valence-electron chi connectivity index (χ4n) is 11.5. The number of ether oxygens (including phenoxy) is 2. The molecule has 90 heavy (non-hydrogen) atoms. The lowest BCUT2D eigenvalue weighted by molar-refractivity contribution is -0.168. The summed E-state index contributed by atoms with van der Waals surface area (Å²) in [5.41, 5.74) is 0. The van der Waals surface area contributed by atoms with Crippen LogP contribution in [0.3, 0.4) is 0 Å². The van der Waals surface area contributed by atoms with Gasteiger partial charge in [-0.15, -0.1) is 0 Å². The Morgan fingerprint density at radius 3 is 1.39 bits per heavy atom. The molecule has 14 atom stereocenters. The van der Waals surface area contributed by atoms with E-state index in [1.807, 2.05) is 86.3 Å². The number of nitrogens with zero attached hydrogens (tertiary/aromatic N) is 8. The Balaban J connectivity index is 3.08.